The van der Waals surface area contributed by atoms with Crippen molar-refractivity contribution in [1.82, 2.24) is 4.98 Å². The summed E-state index contributed by atoms with van der Waals surface area (Å²) in [4.78, 5) is 17.1. The second-order valence-corrected chi connectivity index (χ2v) is 9.11. The van der Waals surface area contributed by atoms with Gasteiger partial charge in [-0.3, -0.25) is 9.29 Å². The van der Waals surface area contributed by atoms with Gasteiger partial charge >= 0.3 is 5.97 Å². The van der Waals surface area contributed by atoms with E-state index in [9.17, 15) is 13.2 Å². The average Bonchev–Trinajstić information content (AvgIpc) is 2.87. The van der Waals surface area contributed by atoms with Crippen LogP contribution in [0.4, 0.5) is 5.69 Å². The van der Waals surface area contributed by atoms with Gasteiger partial charge in [-0.05, 0) is 42.5 Å². The van der Waals surface area contributed by atoms with E-state index in [1.54, 1.807) is 48.7 Å². The van der Waals surface area contributed by atoms with Crippen LogP contribution in [-0.2, 0) is 10.0 Å². The fourth-order valence-electron chi connectivity index (χ4n) is 3.51. The van der Waals surface area contributed by atoms with Crippen molar-refractivity contribution in [2.75, 3.05) is 18.0 Å². The highest BCUT2D eigenvalue weighted by molar-refractivity contribution is 7.92. The van der Waals surface area contributed by atoms with Gasteiger partial charge in [0.25, 0.3) is 10.0 Å². The Hall–Kier alpha value is -4.17. The fraction of sp³-hybridized carbons (Fsp3) is 0.0769. The Kier molecular flexibility index (Phi) is 6.60. The van der Waals surface area contributed by atoms with Gasteiger partial charge in [0, 0.05) is 11.6 Å². The topological polar surface area (TPSA) is 85.8 Å². The van der Waals surface area contributed by atoms with Crippen LogP contribution >= 0.6 is 0 Å². The van der Waals surface area contributed by atoms with Crippen LogP contribution < -0.4 is 13.8 Å². The summed E-state index contributed by atoms with van der Waals surface area (Å²) in [5, 5.41) is 0.820. The molecule has 1 aromatic heterocycles. The second-order valence-electron chi connectivity index (χ2n) is 7.25. The zero-order chi connectivity index (χ0) is 24.1. The molecule has 8 heteroatoms. The highest BCUT2D eigenvalue weighted by Gasteiger charge is 2.27. The number of ether oxygens (including phenoxy) is 2. The SMILES string of the molecule is C=CCN(c1ccccc1OC)S(=O)(=O)c1cccc(C(=O)Oc2cccc3cccnc23)c1. The number of sulfonamides is 1. The van der Waals surface area contributed by atoms with E-state index in [2.05, 4.69) is 11.6 Å². The van der Waals surface area contributed by atoms with Crippen LogP contribution in [0.1, 0.15) is 10.4 Å². The summed E-state index contributed by atoms with van der Waals surface area (Å²) >= 11 is 0. The van der Waals surface area contributed by atoms with E-state index in [0.29, 0.717) is 22.7 Å². The minimum Gasteiger partial charge on any atom is -0.495 e. The molecular weight excluding hydrogens is 452 g/mol. The zero-order valence-corrected chi connectivity index (χ0v) is 19.2. The molecule has 0 radical (unpaired) electrons. The van der Waals surface area contributed by atoms with Gasteiger partial charge in [0.05, 0.1) is 29.8 Å². The average molecular weight is 475 g/mol. The predicted octanol–water partition coefficient (Wildman–Crippen LogP) is 4.84. The first-order valence-corrected chi connectivity index (χ1v) is 11.8. The first-order valence-electron chi connectivity index (χ1n) is 10.4. The van der Waals surface area contributed by atoms with Gasteiger partial charge < -0.3 is 9.47 Å². The highest BCUT2D eigenvalue weighted by atomic mass is 32.2. The van der Waals surface area contributed by atoms with Crippen molar-refractivity contribution in [3.8, 4) is 11.5 Å². The maximum atomic E-state index is 13.6. The molecule has 1 heterocycles. The molecule has 7 nitrogen and oxygen atoms in total. The third-order valence-corrected chi connectivity index (χ3v) is 6.88. The lowest BCUT2D eigenvalue weighted by molar-refractivity contribution is 0.0736. The van der Waals surface area contributed by atoms with E-state index in [4.69, 9.17) is 9.47 Å². The maximum Gasteiger partial charge on any atom is 0.343 e. The number of fused-ring (bicyclic) bond motifs is 1. The minimum absolute atomic E-state index is 0.0130. The molecule has 0 aliphatic heterocycles. The van der Waals surface area contributed by atoms with Crippen molar-refractivity contribution in [3.05, 3.63) is 103 Å². The quantitative estimate of drug-likeness (QED) is 0.206. The number of nitrogens with zero attached hydrogens (tertiary/aromatic N) is 2. The Morgan fingerprint density at radius 1 is 1.00 bits per heavy atom. The number of benzene rings is 3. The first-order chi connectivity index (χ1) is 16.5. The normalized spacial score (nSPS) is 11.1. The summed E-state index contributed by atoms with van der Waals surface area (Å²) < 4.78 is 39.2. The molecule has 0 amide bonds. The Labute approximate surface area is 197 Å². The monoisotopic (exact) mass is 474 g/mol. The summed E-state index contributed by atoms with van der Waals surface area (Å²) in [6.07, 6.45) is 3.09. The lowest BCUT2D eigenvalue weighted by Crippen LogP contribution is -2.31. The number of methoxy groups -OCH3 is 1. The zero-order valence-electron chi connectivity index (χ0n) is 18.4. The lowest BCUT2D eigenvalue weighted by Gasteiger charge is -2.25. The van der Waals surface area contributed by atoms with Crippen LogP contribution in [0.3, 0.4) is 0 Å². The predicted molar refractivity (Wildman–Crippen MR) is 131 cm³/mol. The fourth-order valence-corrected chi connectivity index (χ4v) is 5.00. The minimum atomic E-state index is -4.05. The molecule has 0 atom stereocenters. The number of carbonyl (C=O) groups excluding carboxylic acids is 1. The molecule has 0 spiro atoms. The molecule has 0 saturated carbocycles. The Morgan fingerprint density at radius 2 is 1.74 bits per heavy atom. The van der Waals surface area contributed by atoms with E-state index in [-0.39, 0.29) is 17.0 Å². The number of carbonyl (C=O) groups is 1. The van der Waals surface area contributed by atoms with Gasteiger partial charge in [0.1, 0.15) is 11.3 Å². The number of hydrogen-bond acceptors (Lipinski definition) is 6. The number of aromatic nitrogens is 1. The van der Waals surface area contributed by atoms with Crippen molar-refractivity contribution in [1.29, 1.82) is 0 Å². The summed E-state index contributed by atoms with van der Waals surface area (Å²) in [7, 11) is -2.58. The van der Waals surface area contributed by atoms with Crippen molar-refractivity contribution >= 4 is 32.6 Å². The second kappa shape index (κ2) is 9.76. The third-order valence-electron chi connectivity index (χ3n) is 5.10. The van der Waals surface area contributed by atoms with E-state index in [1.807, 2.05) is 12.1 Å². The molecule has 0 unspecified atom stereocenters. The molecule has 0 aliphatic carbocycles. The van der Waals surface area contributed by atoms with Crippen LogP contribution in [0.25, 0.3) is 10.9 Å². The molecule has 4 rings (SSSR count). The smallest absolute Gasteiger partial charge is 0.343 e. The van der Waals surface area contributed by atoms with Crippen LogP contribution in [-0.4, -0.2) is 33.0 Å². The standard InChI is InChI=1S/C26H22N2O5S/c1-3-17-28(22-13-4-5-14-23(22)32-2)34(30,31)21-12-6-10-20(18-21)26(29)33-24-15-7-9-19-11-8-16-27-25(19)24/h3-16,18H,1,17H2,2H3. The summed E-state index contributed by atoms with van der Waals surface area (Å²) in [6.45, 7) is 3.69. The summed E-state index contributed by atoms with van der Waals surface area (Å²) in [5.41, 5.74) is 0.989. The third kappa shape index (κ3) is 4.49. The van der Waals surface area contributed by atoms with Crippen molar-refractivity contribution < 1.29 is 22.7 Å². The van der Waals surface area contributed by atoms with E-state index >= 15 is 0 Å². The Morgan fingerprint density at radius 3 is 2.53 bits per heavy atom. The highest BCUT2D eigenvalue weighted by Crippen LogP contribution is 2.32. The molecule has 0 saturated heterocycles. The van der Waals surface area contributed by atoms with Crippen LogP contribution in [0, 0.1) is 0 Å². The van der Waals surface area contributed by atoms with Gasteiger partial charge in [0.2, 0.25) is 0 Å². The summed E-state index contributed by atoms with van der Waals surface area (Å²) in [6, 6.07) is 21.4. The molecule has 0 bridgehead atoms. The van der Waals surface area contributed by atoms with E-state index in [1.165, 1.54) is 41.8 Å². The first kappa shape index (κ1) is 23.0. The van der Waals surface area contributed by atoms with Crippen molar-refractivity contribution in [3.63, 3.8) is 0 Å². The van der Waals surface area contributed by atoms with E-state index in [0.717, 1.165) is 5.39 Å². The van der Waals surface area contributed by atoms with Gasteiger partial charge in [-0.25, -0.2) is 13.2 Å². The largest absolute Gasteiger partial charge is 0.495 e. The number of hydrogen-bond donors (Lipinski definition) is 0. The van der Waals surface area contributed by atoms with Gasteiger partial charge in [0.15, 0.2) is 5.75 Å². The molecular formula is C26H22N2O5S. The van der Waals surface area contributed by atoms with Gasteiger partial charge in [-0.15, -0.1) is 6.58 Å². The molecule has 34 heavy (non-hydrogen) atoms. The molecule has 0 aliphatic rings. The van der Waals surface area contributed by atoms with Gasteiger partial charge in [-0.1, -0.05) is 42.5 Å². The number of rotatable bonds is 8. The van der Waals surface area contributed by atoms with E-state index < -0.39 is 16.0 Å². The lowest BCUT2D eigenvalue weighted by atomic mass is 10.2. The number of para-hydroxylation sites is 3. The van der Waals surface area contributed by atoms with Crippen molar-refractivity contribution in [2.45, 2.75) is 4.90 Å². The number of esters is 1. The Balaban J connectivity index is 1.69. The van der Waals surface area contributed by atoms with Crippen LogP contribution in [0.15, 0.2) is 103 Å². The molecule has 0 fully saturated rings. The van der Waals surface area contributed by atoms with Crippen molar-refractivity contribution in [2.24, 2.45) is 0 Å². The number of anilines is 1. The molecule has 4 aromatic rings. The van der Waals surface area contributed by atoms with Crippen LogP contribution in [0.5, 0.6) is 11.5 Å². The Bertz CT molecular complexity index is 1460. The van der Waals surface area contributed by atoms with Gasteiger partial charge in [-0.2, -0.15) is 0 Å². The number of pyridine rings is 1. The summed E-state index contributed by atoms with van der Waals surface area (Å²) in [5.74, 6) is -0.00613. The van der Waals surface area contributed by atoms with Crippen LogP contribution in [0.2, 0.25) is 0 Å². The maximum absolute atomic E-state index is 13.6. The molecule has 0 N–H and O–H groups in total. The molecule has 172 valence electrons. The molecule has 3 aromatic carbocycles.